The maximum atomic E-state index is 13.4. The first kappa shape index (κ1) is 43.4. The van der Waals surface area contributed by atoms with Crippen LogP contribution in [0.3, 0.4) is 0 Å². The smallest absolute Gasteiger partial charge is 0.293 e. The van der Waals surface area contributed by atoms with E-state index in [1.165, 1.54) is 7.05 Å². The average Bonchev–Trinajstić information content (AvgIpc) is 3.52. The Morgan fingerprint density at radius 2 is 1.64 bits per heavy atom. The maximum Gasteiger partial charge on any atom is 0.293 e. The van der Waals surface area contributed by atoms with Crippen LogP contribution in [-0.2, 0) is 19.1 Å². The topological polar surface area (TPSA) is 185 Å². The number of imide groups is 2. The van der Waals surface area contributed by atoms with Gasteiger partial charge in [-0.3, -0.25) is 39.0 Å². The number of nitrogens with zero attached hydrogens (tertiary/aromatic N) is 5. The third kappa shape index (κ3) is 8.58. The van der Waals surface area contributed by atoms with Gasteiger partial charge in [0, 0.05) is 55.8 Å². The molecule has 5 aliphatic rings. The van der Waals surface area contributed by atoms with Gasteiger partial charge in [-0.25, -0.2) is 4.98 Å². The molecule has 16 nitrogen and oxygen atoms in total. The normalized spacial score (nSPS) is 22.2. The molecule has 1 saturated carbocycles. The summed E-state index contributed by atoms with van der Waals surface area (Å²) in [4.78, 5) is 86.3. The largest absolute Gasteiger partial charge is 0.478 e. The fourth-order valence-electron chi connectivity index (χ4n) is 9.86. The number of pyridine rings is 2. The van der Waals surface area contributed by atoms with Crippen molar-refractivity contribution in [1.29, 1.82) is 0 Å². The number of ether oxygens (including phenoxy) is 2. The molecule has 1 unspecified atom stereocenters. The Morgan fingerprint density at radius 3 is 2.36 bits per heavy atom. The highest BCUT2D eigenvalue weighted by Gasteiger charge is 2.45. The highest BCUT2D eigenvalue weighted by Crippen LogP contribution is 2.38. The quantitative estimate of drug-likeness (QED) is 0.156. The first-order valence-electron chi connectivity index (χ1n) is 22.3. The van der Waals surface area contributed by atoms with Gasteiger partial charge in [0.15, 0.2) is 12.4 Å². The standard InChI is InChI=1S/C47H53ClN8O8/c1-26(2)55-38-7-5-30(18-29(38)20-40(47(55)62)63-25-43(58)49-3)51-37-23-41(50-24-36(37)48)54-16-12-32(13-17-54)64-33-21-31(22-33)53-14-10-27(11-15-53)28-4-6-34-35(19-28)46(61)56(45(34)60)39-8-9-42(57)52-44(39)59/h4-7,18-20,23-24,26-27,31-33,39H,8-17,21-22,25H2,1-3H3,(H,49,58)(H,50,51)(H,52,57,59). The summed E-state index contributed by atoms with van der Waals surface area (Å²) in [6.45, 7) is 7.12. The second-order valence-corrected chi connectivity index (χ2v) is 18.2. The third-order valence-electron chi connectivity index (χ3n) is 13.5. The Labute approximate surface area is 375 Å². The van der Waals surface area contributed by atoms with E-state index in [9.17, 15) is 28.8 Å². The van der Waals surface area contributed by atoms with Crippen molar-refractivity contribution < 1.29 is 33.4 Å². The third-order valence-corrected chi connectivity index (χ3v) is 13.8. The van der Waals surface area contributed by atoms with Gasteiger partial charge in [-0.1, -0.05) is 17.7 Å². The van der Waals surface area contributed by atoms with Crippen LogP contribution in [0.15, 0.2) is 59.5 Å². The van der Waals surface area contributed by atoms with Gasteiger partial charge in [-0.15, -0.1) is 0 Å². The maximum absolute atomic E-state index is 13.4. The summed E-state index contributed by atoms with van der Waals surface area (Å²) in [5, 5.41) is 9.45. The van der Waals surface area contributed by atoms with Crippen molar-refractivity contribution in [2.45, 2.75) is 101 Å². The van der Waals surface area contributed by atoms with Crippen molar-refractivity contribution in [3.8, 4) is 5.75 Å². The van der Waals surface area contributed by atoms with Crippen molar-refractivity contribution in [1.82, 2.24) is 30.0 Å². The van der Waals surface area contributed by atoms with Gasteiger partial charge in [-0.05, 0) is 120 Å². The number of halogens is 1. The molecule has 3 N–H and O–H groups in total. The van der Waals surface area contributed by atoms with E-state index in [1.54, 1.807) is 22.9 Å². The minimum Gasteiger partial charge on any atom is -0.478 e. The lowest BCUT2D eigenvalue weighted by Gasteiger charge is -2.47. The molecule has 4 fully saturated rings. The summed E-state index contributed by atoms with van der Waals surface area (Å²) in [5.74, 6) is -1.06. The Bertz CT molecular complexity index is 2580. The zero-order valence-corrected chi connectivity index (χ0v) is 37.0. The highest BCUT2D eigenvalue weighted by molar-refractivity contribution is 6.33. The van der Waals surface area contributed by atoms with E-state index in [1.807, 2.05) is 50.2 Å². The molecular formula is C47H53ClN8O8. The fraction of sp³-hybridized carbons (Fsp3) is 0.468. The molecule has 4 aliphatic heterocycles. The molecule has 4 aromatic rings. The lowest BCUT2D eigenvalue weighted by atomic mass is 9.83. The molecule has 0 spiro atoms. The Balaban J connectivity index is 0.745. The summed E-state index contributed by atoms with van der Waals surface area (Å²) in [5.41, 5.74) is 3.62. The number of hydrogen-bond donors (Lipinski definition) is 3. The molecule has 5 amide bonds. The van der Waals surface area contributed by atoms with Crippen molar-refractivity contribution in [2.75, 3.05) is 50.1 Å². The molecule has 1 aliphatic carbocycles. The monoisotopic (exact) mass is 892 g/mol. The van der Waals surface area contributed by atoms with Crippen LogP contribution < -0.4 is 31.1 Å². The van der Waals surface area contributed by atoms with E-state index in [-0.39, 0.29) is 66.7 Å². The Kier molecular flexibility index (Phi) is 12.2. The van der Waals surface area contributed by atoms with E-state index in [0.29, 0.717) is 27.9 Å². The van der Waals surface area contributed by atoms with Gasteiger partial charge in [0.05, 0.1) is 45.8 Å². The van der Waals surface area contributed by atoms with Gasteiger partial charge in [0.2, 0.25) is 11.8 Å². The molecule has 2 aromatic heterocycles. The number of nitrogens with one attached hydrogen (secondary N) is 3. The lowest BCUT2D eigenvalue weighted by molar-refractivity contribution is -0.136. The first-order valence-corrected chi connectivity index (χ1v) is 22.7. The number of rotatable bonds is 12. The minimum absolute atomic E-state index is 0.0940. The van der Waals surface area contributed by atoms with Gasteiger partial charge in [-0.2, -0.15) is 0 Å². The van der Waals surface area contributed by atoms with Crippen LogP contribution in [0.4, 0.5) is 17.2 Å². The van der Waals surface area contributed by atoms with E-state index >= 15 is 0 Å². The summed E-state index contributed by atoms with van der Waals surface area (Å²) >= 11 is 6.66. The molecule has 0 radical (unpaired) electrons. The Hall–Kier alpha value is -5.84. The van der Waals surface area contributed by atoms with Crippen LogP contribution >= 0.6 is 11.6 Å². The Morgan fingerprint density at radius 1 is 0.891 bits per heavy atom. The number of piperidine rings is 3. The molecule has 64 heavy (non-hydrogen) atoms. The molecular weight excluding hydrogens is 840 g/mol. The summed E-state index contributed by atoms with van der Waals surface area (Å²) in [6.07, 6.45) is 8.05. The summed E-state index contributed by atoms with van der Waals surface area (Å²) < 4.78 is 13.9. The molecule has 2 aromatic carbocycles. The highest BCUT2D eigenvalue weighted by atomic mass is 35.5. The van der Waals surface area contributed by atoms with E-state index in [4.69, 9.17) is 21.1 Å². The number of amides is 5. The van der Waals surface area contributed by atoms with Crippen molar-refractivity contribution in [3.63, 3.8) is 0 Å². The van der Waals surface area contributed by atoms with Crippen molar-refractivity contribution >= 4 is 69.2 Å². The number of carbonyl (C=O) groups excluding carboxylic acids is 5. The molecule has 0 bridgehead atoms. The van der Waals surface area contributed by atoms with Crippen molar-refractivity contribution in [2.24, 2.45) is 0 Å². The first-order chi connectivity index (χ1) is 30.8. The molecule has 3 saturated heterocycles. The minimum atomic E-state index is -0.967. The predicted molar refractivity (Wildman–Crippen MR) is 240 cm³/mol. The number of likely N-dealkylation sites (N-methyl/N-ethyl adjacent to an activating group) is 1. The fourth-order valence-corrected chi connectivity index (χ4v) is 10.0. The van der Waals surface area contributed by atoms with Gasteiger partial charge < -0.3 is 34.5 Å². The number of benzene rings is 2. The number of hydrogen-bond acceptors (Lipinski definition) is 12. The lowest BCUT2D eigenvalue weighted by Crippen LogP contribution is -2.54. The number of carbonyl (C=O) groups is 5. The number of fused-ring (bicyclic) bond motifs is 2. The van der Waals surface area contributed by atoms with Crippen LogP contribution in [-0.4, -0.2) is 113 Å². The molecule has 9 rings (SSSR count). The number of aromatic nitrogens is 2. The molecule has 336 valence electrons. The van der Waals surface area contributed by atoms with Crippen LogP contribution in [0.5, 0.6) is 5.75 Å². The molecule has 1 atom stereocenters. The zero-order chi connectivity index (χ0) is 44.8. The average molecular weight is 893 g/mol. The van der Waals surface area contributed by atoms with Crippen LogP contribution in [0.1, 0.15) is 103 Å². The van der Waals surface area contributed by atoms with Crippen LogP contribution in [0.25, 0.3) is 10.9 Å². The summed E-state index contributed by atoms with van der Waals surface area (Å²) in [7, 11) is 1.52. The van der Waals surface area contributed by atoms with Crippen LogP contribution in [0.2, 0.25) is 5.02 Å². The second-order valence-electron chi connectivity index (χ2n) is 17.8. The number of anilines is 3. The summed E-state index contributed by atoms with van der Waals surface area (Å²) in [6, 6.07) is 14.2. The SMILES string of the molecule is CNC(=O)COc1cc2cc(Nc3cc(N4CCC(OC5CC(N6CCC(c7ccc8c(c7)C(=O)N(C7CCC(=O)NC7=O)C8=O)CC6)C5)CC4)ncc3Cl)ccc2n(C(C)C)c1=O. The van der Waals surface area contributed by atoms with E-state index < -0.39 is 23.8 Å². The van der Waals surface area contributed by atoms with E-state index in [0.717, 1.165) is 97.6 Å². The predicted octanol–water partition coefficient (Wildman–Crippen LogP) is 5.30. The van der Waals surface area contributed by atoms with Gasteiger partial charge in [0.1, 0.15) is 11.9 Å². The van der Waals surface area contributed by atoms with Gasteiger partial charge >= 0.3 is 0 Å². The van der Waals surface area contributed by atoms with Crippen LogP contribution in [0, 0.1) is 0 Å². The second kappa shape index (κ2) is 18.0. The molecule has 17 heteroatoms. The zero-order valence-electron chi connectivity index (χ0n) is 36.2. The van der Waals surface area contributed by atoms with Gasteiger partial charge in [0.25, 0.3) is 23.3 Å². The molecule has 6 heterocycles. The van der Waals surface area contributed by atoms with Crippen molar-refractivity contribution in [3.05, 3.63) is 86.8 Å². The van der Waals surface area contributed by atoms with E-state index in [2.05, 4.69) is 30.7 Å². The number of likely N-dealkylation sites (tertiary alicyclic amines) is 1.